The van der Waals surface area contributed by atoms with E-state index in [0.717, 1.165) is 16.7 Å². The molecule has 228 valence electrons. The van der Waals surface area contributed by atoms with Gasteiger partial charge in [0.25, 0.3) is 0 Å². The largest absolute Gasteiger partial charge is 0.456 e. The molecule has 7 atom stereocenters. The lowest BCUT2D eigenvalue weighted by Crippen LogP contribution is -2.65. The summed E-state index contributed by atoms with van der Waals surface area (Å²) < 4.78 is 43.1. The van der Waals surface area contributed by atoms with E-state index >= 15 is 0 Å². The second-order valence-electron chi connectivity index (χ2n) is 10.7. The van der Waals surface area contributed by atoms with Crippen LogP contribution in [-0.2, 0) is 62.6 Å². The topological polar surface area (TPSA) is 98.8 Å². The molecule has 0 N–H and O–H groups in total. The molecule has 0 amide bonds. The molecule has 0 spiro atoms. The molecule has 2 aliphatic rings. The van der Waals surface area contributed by atoms with Crippen LogP contribution in [0.2, 0.25) is 0 Å². The Morgan fingerprint density at radius 2 is 1.19 bits per heavy atom. The monoisotopic (exact) mass is 590 g/mol. The van der Waals surface area contributed by atoms with Crippen molar-refractivity contribution in [2.45, 2.75) is 83.0 Å². The lowest BCUT2D eigenvalue weighted by atomic mass is 9.89. The zero-order chi connectivity index (χ0) is 30.0. The zero-order valence-electron chi connectivity index (χ0n) is 24.4. The summed E-state index contributed by atoms with van der Waals surface area (Å²) in [7, 11) is 0. The fraction of sp³-hybridized carbons (Fsp3) is 0.412. The van der Waals surface area contributed by atoms with Crippen molar-refractivity contribution in [3.05, 3.63) is 108 Å². The van der Waals surface area contributed by atoms with E-state index < -0.39 is 54.9 Å². The predicted molar refractivity (Wildman–Crippen MR) is 155 cm³/mol. The summed E-state index contributed by atoms with van der Waals surface area (Å²) in [6, 6.07) is 29.6. The number of fused-ring (bicyclic) bond motifs is 1. The van der Waals surface area contributed by atoms with Gasteiger partial charge in [-0.25, -0.2) is 0 Å². The van der Waals surface area contributed by atoms with Crippen LogP contribution in [0.15, 0.2) is 91.0 Å². The molecule has 2 fully saturated rings. The van der Waals surface area contributed by atoms with Gasteiger partial charge in [-0.2, -0.15) is 0 Å². The van der Waals surface area contributed by atoms with Crippen LogP contribution in [0.5, 0.6) is 0 Å². The second kappa shape index (κ2) is 15.2. The fourth-order valence-electron chi connectivity index (χ4n) is 5.44. The van der Waals surface area contributed by atoms with E-state index in [4.69, 9.17) is 33.2 Å². The van der Waals surface area contributed by atoms with E-state index in [1.54, 1.807) is 0 Å². The van der Waals surface area contributed by atoms with Crippen LogP contribution in [0.4, 0.5) is 0 Å². The summed E-state index contributed by atoms with van der Waals surface area (Å²) >= 11 is 0. The van der Waals surface area contributed by atoms with Crippen LogP contribution < -0.4 is 0 Å². The fourth-order valence-corrected chi connectivity index (χ4v) is 5.44. The second-order valence-corrected chi connectivity index (χ2v) is 10.7. The van der Waals surface area contributed by atoms with Gasteiger partial charge in [-0.05, 0) is 16.7 Å². The number of carbonyl (C=O) groups excluding carboxylic acids is 2. The van der Waals surface area contributed by atoms with Gasteiger partial charge in [0.1, 0.15) is 24.4 Å². The Labute approximate surface area is 251 Å². The number of benzene rings is 3. The molecular weight excluding hydrogens is 552 g/mol. The van der Waals surface area contributed by atoms with Crippen molar-refractivity contribution in [1.82, 2.24) is 0 Å². The van der Waals surface area contributed by atoms with Crippen LogP contribution in [-0.4, -0.2) is 61.5 Å². The maximum Gasteiger partial charge on any atom is 0.305 e. The standard InChI is InChI=1S/C34H38O9/c1-23(35)40-29-18-28-32(43-34(29)41-24(2)36)33(39-21-27-16-10-5-11-17-27)31(38-20-26-14-8-4-9-15-26)30(42-28)22-37-19-25-12-6-3-7-13-25/h3-17,28-34H,18-22H2,1-2H3/t28-,29+,30+,31+,32-,33-,34?/m0/s1. The molecular formula is C34H38O9. The zero-order valence-corrected chi connectivity index (χ0v) is 24.4. The first-order chi connectivity index (χ1) is 21.0. The molecule has 9 nitrogen and oxygen atoms in total. The van der Waals surface area contributed by atoms with E-state index in [9.17, 15) is 9.59 Å². The molecule has 1 unspecified atom stereocenters. The first kappa shape index (κ1) is 30.8. The average Bonchev–Trinajstić information content (AvgIpc) is 3.00. The number of ether oxygens (including phenoxy) is 7. The third-order valence-corrected chi connectivity index (χ3v) is 7.35. The van der Waals surface area contributed by atoms with Crippen molar-refractivity contribution in [2.24, 2.45) is 0 Å². The Hall–Kier alpha value is -3.60. The van der Waals surface area contributed by atoms with E-state index in [-0.39, 0.29) is 13.0 Å². The number of hydrogen-bond acceptors (Lipinski definition) is 9. The minimum absolute atomic E-state index is 0.231. The minimum atomic E-state index is -1.12. The summed E-state index contributed by atoms with van der Waals surface area (Å²) in [5.41, 5.74) is 3.01. The van der Waals surface area contributed by atoms with Gasteiger partial charge >= 0.3 is 11.9 Å². The smallest absolute Gasteiger partial charge is 0.305 e. The Bertz CT molecular complexity index is 1290. The van der Waals surface area contributed by atoms with Crippen molar-refractivity contribution in [3.8, 4) is 0 Å². The van der Waals surface area contributed by atoms with E-state index in [0.29, 0.717) is 19.8 Å². The molecule has 3 aromatic carbocycles. The highest BCUT2D eigenvalue weighted by Gasteiger charge is 2.54. The highest BCUT2D eigenvalue weighted by atomic mass is 16.7. The highest BCUT2D eigenvalue weighted by Crippen LogP contribution is 2.37. The Morgan fingerprint density at radius 3 is 1.72 bits per heavy atom. The predicted octanol–water partition coefficient (Wildman–Crippen LogP) is 4.75. The van der Waals surface area contributed by atoms with Gasteiger partial charge in [-0.15, -0.1) is 0 Å². The van der Waals surface area contributed by atoms with Gasteiger partial charge in [0.15, 0.2) is 6.10 Å². The van der Waals surface area contributed by atoms with Gasteiger partial charge in [-0.1, -0.05) is 91.0 Å². The Kier molecular flexibility index (Phi) is 10.9. The van der Waals surface area contributed by atoms with Gasteiger partial charge in [0.05, 0.1) is 32.5 Å². The molecule has 0 saturated carbocycles. The molecule has 0 bridgehead atoms. The molecule has 43 heavy (non-hydrogen) atoms. The quantitative estimate of drug-likeness (QED) is 0.277. The third-order valence-electron chi connectivity index (χ3n) is 7.35. The lowest BCUT2D eigenvalue weighted by Gasteiger charge is -2.50. The van der Waals surface area contributed by atoms with Crippen molar-refractivity contribution >= 4 is 11.9 Å². The molecule has 2 saturated heterocycles. The SMILES string of the molecule is CC(=O)OC1O[C@@H]2[C@@H](OCc3ccccc3)[C@H](OCc3ccccc3)[C@@H](COCc3ccccc3)O[C@H]2C[C@H]1OC(C)=O. The van der Waals surface area contributed by atoms with Crippen LogP contribution in [0.1, 0.15) is 37.0 Å². The summed E-state index contributed by atoms with van der Waals surface area (Å²) in [6.07, 6.45) is -4.67. The first-order valence-corrected chi connectivity index (χ1v) is 14.5. The van der Waals surface area contributed by atoms with E-state index in [1.807, 2.05) is 91.0 Å². The molecule has 0 aromatic heterocycles. The summed E-state index contributed by atoms with van der Waals surface area (Å²) in [4.78, 5) is 23.9. The number of carbonyl (C=O) groups is 2. The van der Waals surface area contributed by atoms with E-state index in [1.165, 1.54) is 13.8 Å². The highest BCUT2D eigenvalue weighted by molar-refractivity contribution is 5.67. The van der Waals surface area contributed by atoms with Crippen molar-refractivity contribution in [1.29, 1.82) is 0 Å². The minimum Gasteiger partial charge on any atom is -0.456 e. The molecule has 0 radical (unpaired) electrons. The molecule has 3 aromatic rings. The van der Waals surface area contributed by atoms with Crippen molar-refractivity contribution < 1.29 is 42.7 Å². The summed E-state index contributed by atoms with van der Waals surface area (Å²) in [5, 5.41) is 0. The Balaban J connectivity index is 1.42. The third kappa shape index (κ3) is 8.72. The molecule has 5 rings (SSSR count). The van der Waals surface area contributed by atoms with Crippen LogP contribution in [0.3, 0.4) is 0 Å². The molecule has 2 aliphatic heterocycles. The summed E-state index contributed by atoms with van der Waals surface area (Å²) in [6.45, 7) is 3.83. The average molecular weight is 591 g/mol. The van der Waals surface area contributed by atoms with Crippen LogP contribution in [0, 0.1) is 0 Å². The van der Waals surface area contributed by atoms with Crippen LogP contribution >= 0.6 is 0 Å². The van der Waals surface area contributed by atoms with Gasteiger partial charge < -0.3 is 33.2 Å². The lowest BCUT2D eigenvalue weighted by molar-refractivity contribution is -0.333. The van der Waals surface area contributed by atoms with Crippen LogP contribution in [0.25, 0.3) is 0 Å². The molecule has 2 heterocycles. The van der Waals surface area contributed by atoms with Gasteiger partial charge in [0, 0.05) is 20.3 Å². The van der Waals surface area contributed by atoms with Crippen molar-refractivity contribution in [3.63, 3.8) is 0 Å². The number of esters is 2. The maximum absolute atomic E-state index is 12.0. The molecule has 9 heteroatoms. The Morgan fingerprint density at radius 1 is 0.674 bits per heavy atom. The maximum atomic E-state index is 12.0. The number of rotatable bonds is 12. The van der Waals surface area contributed by atoms with E-state index in [2.05, 4.69) is 0 Å². The normalized spacial score (nSPS) is 26.7. The van der Waals surface area contributed by atoms with Gasteiger partial charge in [-0.3, -0.25) is 9.59 Å². The molecule has 0 aliphatic carbocycles. The first-order valence-electron chi connectivity index (χ1n) is 14.5. The van der Waals surface area contributed by atoms with Gasteiger partial charge in [0.2, 0.25) is 6.29 Å². The summed E-state index contributed by atoms with van der Waals surface area (Å²) in [5.74, 6) is -1.06. The van der Waals surface area contributed by atoms with Crippen molar-refractivity contribution in [2.75, 3.05) is 6.61 Å². The number of hydrogen-bond donors (Lipinski definition) is 0.